The molecule has 0 unspecified atom stereocenters. The number of allylic oxidation sites excluding steroid dienone is 1. The molecule has 0 bridgehead atoms. The lowest BCUT2D eigenvalue weighted by Crippen LogP contribution is -1.99. The average molecular weight is 352 g/mol. The summed E-state index contributed by atoms with van der Waals surface area (Å²) < 4.78 is 1.15. The molecule has 2 aromatic rings. The summed E-state index contributed by atoms with van der Waals surface area (Å²) >= 11 is 3.76. The first-order valence-electron chi connectivity index (χ1n) is 4.92. The number of nitrogens with zero attached hydrogens (tertiary/aromatic N) is 1. The van der Waals surface area contributed by atoms with Crippen molar-refractivity contribution in [3.63, 3.8) is 0 Å². The van der Waals surface area contributed by atoms with Gasteiger partial charge in [0.2, 0.25) is 0 Å². The van der Waals surface area contributed by atoms with E-state index in [4.69, 9.17) is 5.73 Å². The Bertz CT molecular complexity index is 577. The number of benzene rings is 1. The summed E-state index contributed by atoms with van der Waals surface area (Å²) in [6, 6.07) is 13.8. The molecule has 17 heavy (non-hydrogen) atoms. The lowest BCUT2D eigenvalue weighted by atomic mass is 10.1. The van der Waals surface area contributed by atoms with Crippen LogP contribution in [-0.4, -0.2) is 0 Å². The van der Waals surface area contributed by atoms with Crippen LogP contribution in [0.5, 0.6) is 0 Å². The Hall–Kier alpha value is -1.32. The highest BCUT2D eigenvalue weighted by Gasteiger charge is 2.08. The van der Waals surface area contributed by atoms with Crippen molar-refractivity contribution in [2.75, 3.05) is 0 Å². The van der Waals surface area contributed by atoms with Crippen molar-refractivity contribution in [1.29, 1.82) is 5.26 Å². The zero-order chi connectivity index (χ0) is 12.3. The standard InChI is InChI=1S/C13H9IN2S/c14-10-5-3-9(4-6-10)13(16)11(8-15)12-2-1-7-17-12/h1-7H,16H2/b13-11-. The Morgan fingerprint density at radius 3 is 2.47 bits per heavy atom. The molecule has 1 heterocycles. The van der Waals surface area contributed by atoms with E-state index in [1.165, 1.54) is 11.3 Å². The van der Waals surface area contributed by atoms with Crippen LogP contribution in [-0.2, 0) is 0 Å². The Morgan fingerprint density at radius 1 is 1.24 bits per heavy atom. The molecule has 0 aliphatic heterocycles. The van der Waals surface area contributed by atoms with Crippen molar-refractivity contribution in [2.24, 2.45) is 5.73 Å². The van der Waals surface area contributed by atoms with Gasteiger partial charge in [-0.05, 0) is 51.7 Å². The highest BCUT2D eigenvalue weighted by molar-refractivity contribution is 14.1. The van der Waals surface area contributed by atoms with Crippen LogP contribution in [0.3, 0.4) is 0 Å². The number of rotatable bonds is 2. The van der Waals surface area contributed by atoms with Crippen molar-refractivity contribution in [3.05, 3.63) is 55.8 Å². The van der Waals surface area contributed by atoms with Gasteiger partial charge in [-0.15, -0.1) is 11.3 Å². The molecule has 0 aliphatic rings. The Kier molecular flexibility index (Phi) is 3.82. The molecule has 0 spiro atoms. The molecule has 0 radical (unpaired) electrons. The minimum Gasteiger partial charge on any atom is -0.397 e. The van der Waals surface area contributed by atoms with Gasteiger partial charge in [-0.3, -0.25) is 0 Å². The van der Waals surface area contributed by atoms with E-state index in [1.807, 2.05) is 41.8 Å². The molecule has 0 saturated carbocycles. The predicted molar refractivity (Wildman–Crippen MR) is 80.1 cm³/mol. The fourth-order valence-corrected chi connectivity index (χ4v) is 2.54. The van der Waals surface area contributed by atoms with Crippen LogP contribution in [0, 0.1) is 14.9 Å². The number of hydrogen-bond donors (Lipinski definition) is 1. The second-order valence-electron chi connectivity index (χ2n) is 3.38. The van der Waals surface area contributed by atoms with Crippen LogP contribution in [0.15, 0.2) is 41.8 Å². The highest BCUT2D eigenvalue weighted by Crippen LogP contribution is 2.25. The van der Waals surface area contributed by atoms with E-state index >= 15 is 0 Å². The van der Waals surface area contributed by atoms with Gasteiger partial charge in [-0.25, -0.2) is 0 Å². The van der Waals surface area contributed by atoms with E-state index in [1.54, 1.807) is 0 Å². The zero-order valence-corrected chi connectivity index (χ0v) is 11.8. The smallest absolute Gasteiger partial charge is 0.103 e. The van der Waals surface area contributed by atoms with Gasteiger partial charge in [0.25, 0.3) is 0 Å². The molecule has 0 saturated heterocycles. The molecule has 0 fully saturated rings. The second-order valence-corrected chi connectivity index (χ2v) is 5.58. The summed E-state index contributed by atoms with van der Waals surface area (Å²) in [4.78, 5) is 0.906. The van der Waals surface area contributed by atoms with Crippen LogP contribution in [0.2, 0.25) is 0 Å². The lowest BCUT2D eigenvalue weighted by molar-refractivity contribution is 1.49. The molecule has 4 heteroatoms. The summed E-state index contributed by atoms with van der Waals surface area (Å²) in [5, 5.41) is 11.1. The largest absolute Gasteiger partial charge is 0.397 e. The van der Waals surface area contributed by atoms with E-state index in [9.17, 15) is 5.26 Å². The number of halogens is 1. The molecule has 84 valence electrons. The van der Waals surface area contributed by atoms with Gasteiger partial charge in [0.05, 0.1) is 11.3 Å². The SMILES string of the molecule is N#C/C(=C(/N)c1ccc(I)cc1)c1cccs1. The molecule has 1 aromatic heterocycles. The van der Waals surface area contributed by atoms with Gasteiger partial charge in [-0.2, -0.15) is 5.26 Å². The Labute approximate surface area is 118 Å². The van der Waals surface area contributed by atoms with Crippen LogP contribution >= 0.6 is 33.9 Å². The quantitative estimate of drug-likeness (QED) is 0.662. The zero-order valence-electron chi connectivity index (χ0n) is 8.85. The number of hydrogen-bond acceptors (Lipinski definition) is 3. The van der Waals surface area contributed by atoms with Gasteiger partial charge < -0.3 is 5.73 Å². The first-order chi connectivity index (χ1) is 8.22. The molecule has 2 rings (SSSR count). The first kappa shape index (κ1) is 12.1. The second kappa shape index (κ2) is 5.34. The lowest BCUT2D eigenvalue weighted by Gasteiger charge is -2.04. The van der Waals surface area contributed by atoms with E-state index in [-0.39, 0.29) is 0 Å². The summed E-state index contributed by atoms with van der Waals surface area (Å²) in [7, 11) is 0. The maximum Gasteiger partial charge on any atom is 0.103 e. The minimum atomic E-state index is 0.534. The third kappa shape index (κ3) is 2.68. The van der Waals surface area contributed by atoms with Crippen LogP contribution in [0.4, 0.5) is 0 Å². The van der Waals surface area contributed by atoms with Gasteiger partial charge >= 0.3 is 0 Å². The third-order valence-electron chi connectivity index (χ3n) is 2.30. The van der Waals surface area contributed by atoms with Gasteiger partial charge in [0.15, 0.2) is 0 Å². The summed E-state index contributed by atoms with van der Waals surface area (Å²) in [6.07, 6.45) is 0. The van der Waals surface area contributed by atoms with Crippen LogP contribution in [0.1, 0.15) is 10.4 Å². The summed E-state index contributed by atoms with van der Waals surface area (Å²) in [5.41, 5.74) is 8.01. The molecule has 0 amide bonds. The van der Waals surface area contributed by atoms with Crippen molar-refractivity contribution in [3.8, 4) is 6.07 Å². The summed E-state index contributed by atoms with van der Waals surface area (Å²) in [5.74, 6) is 0. The Morgan fingerprint density at radius 2 is 1.94 bits per heavy atom. The van der Waals surface area contributed by atoms with Gasteiger partial charge in [-0.1, -0.05) is 18.2 Å². The molecule has 1 aromatic carbocycles. The fourth-order valence-electron chi connectivity index (χ4n) is 1.44. The Balaban J connectivity index is 2.50. The first-order valence-corrected chi connectivity index (χ1v) is 6.88. The van der Waals surface area contributed by atoms with Crippen molar-refractivity contribution >= 4 is 45.2 Å². The van der Waals surface area contributed by atoms with Crippen LogP contribution in [0.25, 0.3) is 11.3 Å². The maximum absolute atomic E-state index is 9.20. The van der Waals surface area contributed by atoms with Crippen LogP contribution < -0.4 is 5.73 Å². The minimum absolute atomic E-state index is 0.534. The van der Waals surface area contributed by atoms with Gasteiger partial charge in [0, 0.05) is 8.45 Å². The number of nitrogens with two attached hydrogens (primary N) is 1. The fraction of sp³-hybridized carbons (Fsp3) is 0. The normalized spacial score (nSPS) is 11.8. The highest BCUT2D eigenvalue weighted by atomic mass is 127. The van der Waals surface area contributed by atoms with Crippen molar-refractivity contribution in [1.82, 2.24) is 0 Å². The number of nitriles is 1. The maximum atomic E-state index is 9.20. The third-order valence-corrected chi connectivity index (χ3v) is 3.91. The number of thiophene rings is 1. The van der Waals surface area contributed by atoms with Crippen molar-refractivity contribution in [2.45, 2.75) is 0 Å². The summed E-state index contributed by atoms with van der Waals surface area (Å²) in [6.45, 7) is 0. The van der Waals surface area contributed by atoms with E-state index < -0.39 is 0 Å². The molecule has 0 atom stereocenters. The monoisotopic (exact) mass is 352 g/mol. The van der Waals surface area contributed by atoms with Gasteiger partial charge in [0.1, 0.15) is 6.07 Å². The van der Waals surface area contributed by atoms with E-state index in [0.29, 0.717) is 11.3 Å². The average Bonchev–Trinajstić information content (AvgIpc) is 2.84. The topological polar surface area (TPSA) is 49.8 Å². The van der Waals surface area contributed by atoms with E-state index in [0.717, 1.165) is 14.0 Å². The molecule has 2 N–H and O–H groups in total. The molecular formula is C13H9IN2S. The molecule has 2 nitrogen and oxygen atoms in total. The predicted octanol–water partition coefficient (Wildman–Crippen LogP) is 3.70. The molecule has 0 aliphatic carbocycles. The van der Waals surface area contributed by atoms with Crippen molar-refractivity contribution < 1.29 is 0 Å². The molecular weight excluding hydrogens is 343 g/mol. The van der Waals surface area contributed by atoms with E-state index in [2.05, 4.69) is 28.7 Å².